The minimum Gasteiger partial charge on any atom is -0.483 e. The molecule has 0 spiro atoms. The molecule has 0 atom stereocenters. The number of para-hydroxylation sites is 1. The maximum atomic E-state index is 13.2. The molecule has 3 aromatic rings. The number of nitrogens with one attached hydrogen (secondary N) is 1. The standard InChI is InChI=1S/C24H26N2O4/c1-26-20-10-6-5-9-19(20)21(17-7-3-2-4-8-17)22(24(26)28)30-15-16-11-13-18(14-12-16)23(27)25-29/h5-6,9-14,17,29H,2-4,7-8,15H2,1H3,(H,25,27). The molecule has 2 aromatic carbocycles. The van der Waals surface area contributed by atoms with Gasteiger partial charge in [0.1, 0.15) is 6.61 Å². The minimum absolute atomic E-state index is 0.120. The molecular weight excluding hydrogens is 380 g/mol. The number of ether oxygens (including phenoxy) is 1. The van der Waals surface area contributed by atoms with Crippen LogP contribution in [0.3, 0.4) is 0 Å². The molecule has 0 aliphatic heterocycles. The lowest BCUT2D eigenvalue weighted by Crippen LogP contribution is -2.23. The maximum absolute atomic E-state index is 13.2. The first-order chi connectivity index (χ1) is 14.6. The topological polar surface area (TPSA) is 80.6 Å². The molecule has 0 radical (unpaired) electrons. The Balaban J connectivity index is 1.71. The average Bonchev–Trinajstić information content (AvgIpc) is 2.81. The van der Waals surface area contributed by atoms with E-state index in [4.69, 9.17) is 9.94 Å². The van der Waals surface area contributed by atoms with Crippen LogP contribution in [-0.2, 0) is 13.7 Å². The van der Waals surface area contributed by atoms with Gasteiger partial charge >= 0.3 is 0 Å². The van der Waals surface area contributed by atoms with Crippen LogP contribution >= 0.6 is 0 Å². The number of aromatic nitrogens is 1. The highest BCUT2D eigenvalue weighted by Gasteiger charge is 2.25. The summed E-state index contributed by atoms with van der Waals surface area (Å²) >= 11 is 0. The minimum atomic E-state index is -0.564. The van der Waals surface area contributed by atoms with Gasteiger partial charge in [0, 0.05) is 23.6 Å². The number of fused-ring (bicyclic) bond motifs is 1. The lowest BCUT2D eigenvalue weighted by atomic mass is 9.82. The molecule has 1 amide bonds. The van der Waals surface area contributed by atoms with Crippen LogP contribution in [0.4, 0.5) is 0 Å². The molecule has 1 saturated carbocycles. The van der Waals surface area contributed by atoms with Gasteiger partial charge in [0.25, 0.3) is 11.5 Å². The molecule has 1 aliphatic rings. The van der Waals surface area contributed by atoms with E-state index in [0.717, 1.165) is 34.9 Å². The molecule has 1 heterocycles. The van der Waals surface area contributed by atoms with Gasteiger partial charge in [-0.1, -0.05) is 49.6 Å². The number of benzene rings is 2. The number of hydrogen-bond donors (Lipinski definition) is 2. The van der Waals surface area contributed by atoms with Gasteiger partial charge in [-0.05, 0) is 42.5 Å². The van der Waals surface area contributed by atoms with Crippen molar-refractivity contribution in [2.45, 2.75) is 44.6 Å². The second kappa shape index (κ2) is 8.71. The van der Waals surface area contributed by atoms with Crippen LogP contribution in [0.2, 0.25) is 0 Å². The van der Waals surface area contributed by atoms with E-state index in [0.29, 0.717) is 17.2 Å². The van der Waals surface area contributed by atoms with Gasteiger partial charge in [0.15, 0.2) is 5.75 Å². The Hall–Kier alpha value is -3.12. The number of carbonyl (C=O) groups is 1. The first-order valence-electron chi connectivity index (χ1n) is 10.4. The summed E-state index contributed by atoms with van der Waals surface area (Å²) in [5.41, 5.74) is 4.65. The molecule has 1 aliphatic carbocycles. The second-order valence-corrected chi connectivity index (χ2v) is 7.89. The highest BCUT2D eigenvalue weighted by Crippen LogP contribution is 2.40. The Morgan fingerprint density at radius 3 is 2.50 bits per heavy atom. The maximum Gasteiger partial charge on any atom is 0.293 e. The number of hydrogen-bond acceptors (Lipinski definition) is 4. The van der Waals surface area contributed by atoms with Gasteiger partial charge in [-0.25, -0.2) is 5.48 Å². The van der Waals surface area contributed by atoms with Gasteiger partial charge in [-0.3, -0.25) is 14.8 Å². The molecule has 30 heavy (non-hydrogen) atoms. The largest absolute Gasteiger partial charge is 0.483 e. The summed E-state index contributed by atoms with van der Waals surface area (Å²) in [6, 6.07) is 14.8. The van der Waals surface area contributed by atoms with E-state index in [1.165, 1.54) is 19.3 Å². The van der Waals surface area contributed by atoms with Crippen molar-refractivity contribution in [2.24, 2.45) is 7.05 Å². The number of aryl methyl sites for hydroxylation is 1. The smallest absolute Gasteiger partial charge is 0.293 e. The Kier molecular flexibility index (Phi) is 5.86. The molecule has 1 aromatic heterocycles. The van der Waals surface area contributed by atoms with E-state index in [9.17, 15) is 9.59 Å². The van der Waals surface area contributed by atoms with Gasteiger partial charge in [-0.15, -0.1) is 0 Å². The van der Waals surface area contributed by atoms with Crippen molar-refractivity contribution in [2.75, 3.05) is 0 Å². The van der Waals surface area contributed by atoms with Gasteiger partial charge in [0.2, 0.25) is 0 Å². The third kappa shape index (κ3) is 3.83. The number of rotatable bonds is 5. The highest BCUT2D eigenvalue weighted by atomic mass is 16.5. The van der Waals surface area contributed by atoms with Crippen LogP contribution in [-0.4, -0.2) is 15.7 Å². The molecule has 6 nitrogen and oxygen atoms in total. The van der Waals surface area contributed by atoms with Crippen molar-refractivity contribution in [1.29, 1.82) is 0 Å². The summed E-state index contributed by atoms with van der Waals surface area (Å²) in [4.78, 5) is 24.7. The monoisotopic (exact) mass is 406 g/mol. The first-order valence-corrected chi connectivity index (χ1v) is 10.4. The number of nitrogens with zero attached hydrogens (tertiary/aromatic N) is 1. The van der Waals surface area contributed by atoms with Crippen LogP contribution in [0, 0.1) is 0 Å². The van der Waals surface area contributed by atoms with Crippen molar-refractivity contribution in [3.8, 4) is 5.75 Å². The molecule has 0 saturated heterocycles. The Morgan fingerprint density at radius 1 is 1.10 bits per heavy atom. The van der Waals surface area contributed by atoms with Gasteiger partial charge in [0.05, 0.1) is 5.52 Å². The fourth-order valence-corrected chi connectivity index (χ4v) is 4.40. The first kappa shape index (κ1) is 20.2. The zero-order valence-electron chi connectivity index (χ0n) is 17.1. The average molecular weight is 406 g/mol. The Morgan fingerprint density at radius 2 is 1.80 bits per heavy atom. The number of amides is 1. The molecular formula is C24H26N2O4. The summed E-state index contributed by atoms with van der Waals surface area (Å²) in [6.45, 7) is 0.230. The summed E-state index contributed by atoms with van der Waals surface area (Å²) in [5, 5.41) is 9.83. The zero-order valence-corrected chi connectivity index (χ0v) is 17.1. The second-order valence-electron chi connectivity index (χ2n) is 7.89. The van der Waals surface area contributed by atoms with Crippen LogP contribution < -0.4 is 15.8 Å². The lowest BCUT2D eigenvalue weighted by molar-refractivity contribution is 0.0706. The normalized spacial score (nSPS) is 14.6. The Labute approximate surface area is 175 Å². The van der Waals surface area contributed by atoms with Crippen molar-refractivity contribution < 1.29 is 14.7 Å². The predicted octanol–water partition coefficient (Wildman–Crippen LogP) is 4.28. The van der Waals surface area contributed by atoms with E-state index < -0.39 is 5.91 Å². The number of hydroxylamine groups is 1. The summed E-state index contributed by atoms with van der Waals surface area (Å²) in [5.74, 6) is 0.189. The van der Waals surface area contributed by atoms with Crippen LogP contribution in [0.1, 0.15) is 59.5 Å². The third-order valence-corrected chi connectivity index (χ3v) is 6.01. The Bertz CT molecular complexity index is 1110. The van der Waals surface area contributed by atoms with Crippen LogP contribution in [0.15, 0.2) is 53.3 Å². The van der Waals surface area contributed by atoms with E-state index in [1.807, 2.05) is 18.2 Å². The molecule has 4 rings (SSSR count). The molecule has 0 unspecified atom stereocenters. The SMILES string of the molecule is Cn1c(=O)c(OCc2ccc(C(=O)NO)cc2)c(C2CCCCC2)c2ccccc21. The molecule has 0 bridgehead atoms. The van der Waals surface area contributed by atoms with Crippen molar-refractivity contribution >= 4 is 16.8 Å². The summed E-state index contributed by atoms with van der Waals surface area (Å²) < 4.78 is 7.80. The van der Waals surface area contributed by atoms with E-state index in [-0.39, 0.29) is 12.2 Å². The van der Waals surface area contributed by atoms with Crippen LogP contribution in [0.5, 0.6) is 5.75 Å². The molecule has 6 heteroatoms. The van der Waals surface area contributed by atoms with E-state index in [2.05, 4.69) is 6.07 Å². The molecule has 2 N–H and O–H groups in total. The van der Waals surface area contributed by atoms with Gasteiger partial charge in [-0.2, -0.15) is 0 Å². The van der Waals surface area contributed by atoms with Crippen molar-refractivity contribution in [3.63, 3.8) is 0 Å². The lowest BCUT2D eigenvalue weighted by Gasteiger charge is -2.26. The van der Waals surface area contributed by atoms with Crippen molar-refractivity contribution in [1.82, 2.24) is 10.0 Å². The van der Waals surface area contributed by atoms with E-state index in [1.54, 1.807) is 41.4 Å². The summed E-state index contributed by atoms with van der Waals surface area (Å²) in [6.07, 6.45) is 5.71. The third-order valence-electron chi connectivity index (χ3n) is 6.01. The fraction of sp³-hybridized carbons (Fsp3) is 0.333. The predicted molar refractivity (Wildman–Crippen MR) is 115 cm³/mol. The number of carbonyl (C=O) groups excluding carboxylic acids is 1. The highest BCUT2D eigenvalue weighted by molar-refractivity contribution is 5.93. The van der Waals surface area contributed by atoms with Crippen LogP contribution in [0.25, 0.3) is 10.9 Å². The summed E-state index contributed by atoms with van der Waals surface area (Å²) in [7, 11) is 1.78. The van der Waals surface area contributed by atoms with E-state index >= 15 is 0 Å². The fourth-order valence-electron chi connectivity index (χ4n) is 4.40. The number of pyridine rings is 1. The zero-order chi connectivity index (χ0) is 21.1. The van der Waals surface area contributed by atoms with Crippen molar-refractivity contribution in [3.05, 3.63) is 75.6 Å². The quantitative estimate of drug-likeness (QED) is 0.489. The molecule has 1 fully saturated rings. The van der Waals surface area contributed by atoms with Gasteiger partial charge < -0.3 is 9.30 Å². The molecule has 156 valence electrons.